The monoisotopic (exact) mass is 457 g/mol. The smallest absolute Gasteiger partial charge is 0.279 e. The fraction of sp³-hybridized carbons (Fsp3) is 0.0667. The lowest BCUT2D eigenvalue weighted by atomic mass is 9.92. The van der Waals surface area contributed by atoms with Crippen LogP contribution in [0.25, 0.3) is 6.08 Å². The Kier molecular flexibility index (Phi) is 4.96. The molecule has 0 saturated heterocycles. The Balaban J connectivity index is 1.50. The molecule has 2 aliphatic heterocycles. The highest BCUT2D eigenvalue weighted by atomic mass is 16.2. The van der Waals surface area contributed by atoms with E-state index in [0.29, 0.717) is 23.5 Å². The summed E-state index contributed by atoms with van der Waals surface area (Å²) in [4.78, 5) is 31.7. The normalized spacial score (nSPS) is 18.6. The molecule has 0 bridgehead atoms. The van der Waals surface area contributed by atoms with Crippen LogP contribution >= 0.6 is 0 Å². The van der Waals surface area contributed by atoms with Crippen LogP contribution in [-0.2, 0) is 10.5 Å². The number of hydrogen-bond acceptors (Lipinski definition) is 3. The fourth-order valence-corrected chi connectivity index (χ4v) is 5.00. The van der Waals surface area contributed by atoms with Crippen molar-refractivity contribution in [3.63, 3.8) is 0 Å². The van der Waals surface area contributed by atoms with E-state index in [4.69, 9.17) is 0 Å². The largest absolute Gasteiger partial charge is 0.350 e. The minimum absolute atomic E-state index is 0.192. The van der Waals surface area contributed by atoms with Crippen molar-refractivity contribution in [3.05, 3.63) is 132 Å². The first-order valence-electron chi connectivity index (χ1n) is 11.6. The van der Waals surface area contributed by atoms with E-state index in [1.165, 1.54) is 0 Å². The summed E-state index contributed by atoms with van der Waals surface area (Å²) in [5.41, 5.74) is 3.06. The van der Waals surface area contributed by atoms with Gasteiger partial charge in [-0.3, -0.25) is 14.5 Å². The molecular formula is C30H23N3O2. The van der Waals surface area contributed by atoms with E-state index in [-0.39, 0.29) is 11.8 Å². The van der Waals surface area contributed by atoms with Crippen LogP contribution in [0.1, 0.15) is 21.5 Å². The SMILES string of the molecule is O=C1c2ccccc2NC2(C(=O)N(C/C=C/c3ccccc3)c3ccccc32)N1c1ccccc1. The number of carbonyl (C=O) groups excluding carboxylic acids is 2. The van der Waals surface area contributed by atoms with Crippen molar-refractivity contribution in [2.24, 2.45) is 0 Å². The molecular weight excluding hydrogens is 434 g/mol. The number of nitrogens with one attached hydrogen (secondary N) is 1. The number of benzene rings is 4. The van der Waals surface area contributed by atoms with Crippen LogP contribution < -0.4 is 15.1 Å². The van der Waals surface area contributed by atoms with Crippen molar-refractivity contribution in [1.29, 1.82) is 0 Å². The third-order valence-electron chi connectivity index (χ3n) is 6.56. The molecule has 170 valence electrons. The maximum atomic E-state index is 14.4. The molecule has 0 aliphatic carbocycles. The lowest BCUT2D eigenvalue weighted by molar-refractivity contribution is -0.122. The van der Waals surface area contributed by atoms with Gasteiger partial charge in [0, 0.05) is 23.5 Å². The molecule has 1 N–H and O–H groups in total. The first-order valence-corrected chi connectivity index (χ1v) is 11.6. The number of para-hydroxylation sites is 3. The summed E-state index contributed by atoms with van der Waals surface area (Å²) in [6.45, 7) is 0.382. The highest BCUT2D eigenvalue weighted by Gasteiger charge is 2.59. The number of carbonyl (C=O) groups is 2. The summed E-state index contributed by atoms with van der Waals surface area (Å²) >= 11 is 0. The molecule has 5 nitrogen and oxygen atoms in total. The zero-order chi connectivity index (χ0) is 23.8. The minimum atomic E-state index is -1.38. The van der Waals surface area contributed by atoms with Crippen molar-refractivity contribution in [2.75, 3.05) is 21.7 Å². The third-order valence-corrected chi connectivity index (χ3v) is 6.56. The quantitative estimate of drug-likeness (QED) is 0.430. The Morgan fingerprint density at radius 3 is 2.20 bits per heavy atom. The van der Waals surface area contributed by atoms with Crippen LogP contribution in [0, 0.1) is 0 Å². The second-order valence-corrected chi connectivity index (χ2v) is 8.60. The third kappa shape index (κ3) is 3.24. The summed E-state index contributed by atoms with van der Waals surface area (Å²) in [6, 6.07) is 34.4. The highest BCUT2D eigenvalue weighted by Crippen LogP contribution is 2.49. The van der Waals surface area contributed by atoms with Gasteiger partial charge in [-0.25, -0.2) is 0 Å². The Hall–Kier alpha value is -4.64. The van der Waals surface area contributed by atoms with Gasteiger partial charge in [0.15, 0.2) is 0 Å². The molecule has 0 aromatic heterocycles. The number of nitrogens with zero attached hydrogens (tertiary/aromatic N) is 2. The van der Waals surface area contributed by atoms with E-state index in [1.54, 1.807) is 15.9 Å². The minimum Gasteiger partial charge on any atom is -0.350 e. The molecule has 1 spiro atoms. The zero-order valence-electron chi connectivity index (χ0n) is 19.0. The molecule has 0 fully saturated rings. The van der Waals surface area contributed by atoms with Gasteiger partial charge in [-0.1, -0.05) is 91.0 Å². The van der Waals surface area contributed by atoms with Crippen molar-refractivity contribution in [1.82, 2.24) is 0 Å². The van der Waals surface area contributed by atoms with Gasteiger partial charge >= 0.3 is 0 Å². The molecule has 35 heavy (non-hydrogen) atoms. The predicted molar refractivity (Wildman–Crippen MR) is 139 cm³/mol. The predicted octanol–water partition coefficient (Wildman–Crippen LogP) is 5.67. The van der Waals surface area contributed by atoms with Crippen molar-refractivity contribution in [2.45, 2.75) is 5.66 Å². The van der Waals surface area contributed by atoms with E-state index in [0.717, 1.165) is 16.8 Å². The van der Waals surface area contributed by atoms with E-state index in [1.807, 2.05) is 115 Å². The summed E-state index contributed by atoms with van der Waals surface area (Å²) in [6.07, 6.45) is 3.99. The van der Waals surface area contributed by atoms with Crippen LogP contribution in [0.5, 0.6) is 0 Å². The lowest BCUT2D eigenvalue weighted by Crippen LogP contribution is -2.63. The maximum absolute atomic E-state index is 14.4. The summed E-state index contributed by atoms with van der Waals surface area (Å²) in [7, 11) is 0. The Morgan fingerprint density at radius 2 is 1.40 bits per heavy atom. The van der Waals surface area contributed by atoms with E-state index in [9.17, 15) is 9.59 Å². The molecule has 4 aromatic carbocycles. The number of hydrogen-bond donors (Lipinski definition) is 1. The van der Waals surface area contributed by atoms with E-state index < -0.39 is 5.66 Å². The molecule has 2 amide bonds. The van der Waals surface area contributed by atoms with Crippen LogP contribution in [0.2, 0.25) is 0 Å². The van der Waals surface area contributed by atoms with Gasteiger partial charge in [0.25, 0.3) is 11.8 Å². The molecule has 5 heteroatoms. The van der Waals surface area contributed by atoms with Gasteiger partial charge in [0.05, 0.1) is 11.3 Å². The Morgan fingerprint density at radius 1 is 0.743 bits per heavy atom. The topological polar surface area (TPSA) is 52.7 Å². The first-order chi connectivity index (χ1) is 17.2. The number of fused-ring (bicyclic) bond motifs is 3. The van der Waals surface area contributed by atoms with Crippen LogP contribution in [0.4, 0.5) is 17.1 Å². The Bertz CT molecular complexity index is 1450. The number of anilines is 3. The average molecular weight is 458 g/mol. The van der Waals surface area contributed by atoms with Gasteiger partial charge < -0.3 is 10.2 Å². The second-order valence-electron chi connectivity index (χ2n) is 8.60. The molecule has 4 aromatic rings. The van der Waals surface area contributed by atoms with Crippen LogP contribution in [-0.4, -0.2) is 18.4 Å². The standard InChI is InChI=1S/C30H23N3O2/c34-28-24-17-7-9-19-26(24)31-30(33(28)23-15-5-2-6-16-23)25-18-8-10-20-27(25)32(29(30)35)21-11-14-22-12-3-1-4-13-22/h1-20,31H,21H2/b14-11+. The number of rotatable bonds is 4. The van der Waals surface area contributed by atoms with Gasteiger partial charge in [-0.15, -0.1) is 0 Å². The molecule has 0 radical (unpaired) electrons. The highest BCUT2D eigenvalue weighted by molar-refractivity contribution is 6.22. The summed E-state index contributed by atoms with van der Waals surface area (Å²) in [5, 5.41) is 3.49. The van der Waals surface area contributed by atoms with Gasteiger partial charge in [0.2, 0.25) is 5.66 Å². The molecule has 6 rings (SSSR count). The van der Waals surface area contributed by atoms with E-state index in [2.05, 4.69) is 5.32 Å². The van der Waals surface area contributed by atoms with E-state index >= 15 is 0 Å². The van der Waals surface area contributed by atoms with Crippen LogP contribution in [0.15, 0.2) is 115 Å². The molecule has 0 saturated carbocycles. The summed E-state index contributed by atoms with van der Waals surface area (Å²) in [5.74, 6) is -0.404. The summed E-state index contributed by atoms with van der Waals surface area (Å²) < 4.78 is 0. The fourth-order valence-electron chi connectivity index (χ4n) is 5.00. The van der Waals surface area contributed by atoms with Gasteiger partial charge in [0.1, 0.15) is 0 Å². The molecule has 2 aliphatic rings. The molecule has 2 heterocycles. The molecule has 1 atom stereocenters. The zero-order valence-corrected chi connectivity index (χ0v) is 19.0. The average Bonchev–Trinajstić information content (AvgIpc) is 3.13. The van der Waals surface area contributed by atoms with Crippen molar-refractivity contribution in [3.8, 4) is 0 Å². The van der Waals surface area contributed by atoms with Crippen molar-refractivity contribution < 1.29 is 9.59 Å². The molecule has 1 unspecified atom stereocenters. The second kappa shape index (κ2) is 8.29. The maximum Gasteiger partial charge on any atom is 0.279 e. The Labute approximate surface area is 203 Å². The van der Waals surface area contributed by atoms with Crippen molar-refractivity contribution >= 4 is 35.0 Å². The van der Waals surface area contributed by atoms with Gasteiger partial charge in [-0.05, 0) is 35.9 Å². The lowest BCUT2D eigenvalue weighted by Gasteiger charge is -2.45. The van der Waals surface area contributed by atoms with Crippen LogP contribution in [0.3, 0.4) is 0 Å². The first kappa shape index (κ1) is 20.9. The van der Waals surface area contributed by atoms with Gasteiger partial charge in [-0.2, -0.15) is 0 Å². The number of amides is 2.